The van der Waals surface area contributed by atoms with Crippen LogP contribution < -0.4 is 0 Å². The van der Waals surface area contributed by atoms with Crippen molar-refractivity contribution in [2.75, 3.05) is 11.5 Å². The quantitative estimate of drug-likeness (QED) is 0.723. The van der Waals surface area contributed by atoms with E-state index in [1.807, 2.05) is 0 Å². The fourth-order valence-corrected chi connectivity index (χ4v) is 3.15. The number of rotatable bonds is 2. The van der Waals surface area contributed by atoms with Gasteiger partial charge in [-0.05, 0) is 25.7 Å². The van der Waals surface area contributed by atoms with Crippen LogP contribution in [-0.2, 0) is 9.84 Å². The number of halogens is 1. The minimum absolute atomic E-state index is 0.0603. The van der Waals surface area contributed by atoms with Gasteiger partial charge in [-0.3, -0.25) is 0 Å². The van der Waals surface area contributed by atoms with Crippen LogP contribution in [0.4, 0.5) is 4.39 Å². The molecule has 78 valence electrons. The van der Waals surface area contributed by atoms with Crippen LogP contribution in [0.5, 0.6) is 0 Å². The third-order valence-corrected chi connectivity index (χ3v) is 4.23. The maximum atomic E-state index is 13.2. The van der Waals surface area contributed by atoms with E-state index >= 15 is 0 Å². The first-order chi connectivity index (χ1) is 5.92. The van der Waals surface area contributed by atoms with Crippen molar-refractivity contribution in [3.63, 3.8) is 0 Å². The Morgan fingerprint density at radius 3 is 2.23 bits per heavy atom. The molecule has 1 aliphatic heterocycles. The molecule has 5 heteroatoms. The smallest absolute Gasteiger partial charge is 0.150 e. The summed E-state index contributed by atoms with van der Waals surface area (Å²) in [5.41, 5.74) is 0. The van der Waals surface area contributed by atoms with Gasteiger partial charge in [0.05, 0.1) is 17.6 Å². The number of aliphatic hydroxyl groups excluding tert-OH is 1. The van der Waals surface area contributed by atoms with Crippen molar-refractivity contribution in [2.24, 2.45) is 5.92 Å². The molecule has 0 spiro atoms. The maximum Gasteiger partial charge on any atom is 0.150 e. The van der Waals surface area contributed by atoms with Crippen LogP contribution in [0.25, 0.3) is 0 Å². The van der Waals surface area contributed by atoms with Gasteiger partial charge in [0.15, 0.2) is 0 Å². The van der Waals surface area contributed by atoms with Gasteiger partial charge in [-0.25, -0.2) is 12.8 Å². The minimum atomic E-state index is -2.92. The lowest BCUT2D eigenvalue weighted by molar-refractivity contribution is 0.0510. The lowest BCUT2D eigenvalue weighted by Crippen LogP contribution is -2.34. The van der Waals surface area contributed by atoms with E-state index in [0.717, 1.165) is 0 Å². The first-order valence-electron chi connectivity index (χ1n) is 4.45. The zero-order valence-corrected chi connectivity index (χ0v) is 8.43. The van der Waals surface area contributed by atoms with Crippen LogP contribution in [-0.4, -0.2) is 37.3 Å². The highest BCUT2D eigenvalue weighted by Gasteiger charge is 2.31. The van der Waals surface area contributed by atoms with E-state index in [9.17, 15) is 12.8 Å². The Morgan fingerprint density at radius 1 is 1.38 bits per heavy atom. The summed E-state index contributed by atoms with van der Waals surface area (Å²) in [6.07, 6.45) is -1.59. The van der Waals surface area contributed by atoms with Crippen molar-refractivity contribution in [3.8, 4) is 0 Å². The summed E-state index contributed by atoms with van der Waals surface area (Å²) in [5.74, 6) is -0.168. The van der Waals surface area contributed by atoms with E-state index in [2.05, 4.69) is 0 Å². The molecule has 1 aliphatic rings. The molecule has 1 fully saturated rings. The standard InChI is InChI=1S/C8H15FO3S/c1-6(10)8(9)7-2-4-13(11,12)5-3-7/h6-8,10H,2-5H2,1H3. The molecule has 0 aliphatic carbocycles. The molecular formula is C8H15FO3S. The predicted molar refractivity (Wildman–Crippen MR) is 48.0 cm³/mol. The topological polar surface area (TPSA) is 54.4 Å². The Kier molecular flexibility index (Phi) is 3.29. The van der Waals surface area contributed by atoms with Crippen molar-refractivity contribution in [3.05, 3.63) is 0 Å². The Balaban J connectivity index is 2.50. The highest BCUT2D eigenvalue weighted by molar-refractivity contribution is 7.91. The molecule has 1 N–H and O–H groups in total. The van der Waals surface area contributed by atoms with Gasteiger partial charge < -0.3 is 5.11 Å². The molecule has 3 nitrogen and oxygen atoms in total. The second kappa shape index (κ2) is 3.92. The normalized spacial score (nSPS) is 28.2. The van der Waals surface area contributed by atoms with Gasteiger partial charge in [0.2, 0.25) is 0 Å². The molecule has 1 heterocycles. The van der Waals surface area contributed by atoms with Crippen LogP contribution in [0.2, 0.25) is 0 Å². The monoisotopic (exact) mass is 210 g/mol. The number of alkyl halides is 1. The largest absolute Gasteiger partial charge is 0.390 e. The minimum Gasteiger partial charge on any atom is -0.390 e. The van der Waals surface area contributed by atoms with Gasteiger partial charge >= 0.3 is 0 Å². The fourth-order valence-electron chi connectivity index (χ4n) is 1.62. The first kappa shape index (κ1) is 10.9. The van der Waals surface area contributed by atoms with Gasteiger partial charge in [-0.2, -0.15) is 0 Å². The van der Waals surface area contributed by atoms with Crippen LogP contribution >= 0.6 is 0 Å². The summed E-state index contributed by atoms with van der Waals surface area (Å²) >= 11 is 0. The predicted octanol–water partition coefficient (Wildman–Crippen LogP) is 0.530. The summed E-state index contributed by atoms with van der Waals surface area (Å²) in [6.45, 7) is 1.40. The van der Waals surface area contributed by atoms with E-state index in [4.69, 9.17) is 5.11 Å². The Bertz CT molecular complexity index is 247. The molecule has 0 aromatic carbocycles. The summed E-state index contributed by atoms with van der Waals surface area (Å²) in [7, 11) is -2.92. The molecule has 0 aromatic heterocycles. The number of hydrogen-bond acceptors (Lipinski definition) is 3. The third kappa shape index (κ3) is 2.91. The molecule has 0 saturated carbocycles. The van der Waals surface area contributed by atoms with Gasteiger partial charge in [0.25, 0.3) is 0 Å². The van der Waals surface area contributed by atoms with Gasteiger partial charge in [-0.15, -0.1) is 0 Å². The van der Waals surface area contributed by atoms with Crippen LogP contribution in [0.15, 0.2) is 0 Å². The van der Waals surface area contributed by atoms with E-state index in [1.54, 1.807) is 0 Å². The molecule has 1 rings (SSSR count). The highest BCUT2D eigenvalue weighted by Crippen LogP contribution is 2.25. The summed E-state index contributed by atoms with van der Waals surface area (Å²) in [5, 5.41) is 8.98. The first-order valence-corrected chi connectivity index (χ1v) is 6.27. The van der Waals surface area contributed by atoms with E-state index in [0.29, 0.717) is 12.8 Å². The Morgan fingerprint density at radius 2 is 1.85 bits per heavy atom. The second-order valence-electron chi connectivity index (χ2n) is 3.67. The number of hydrogen-bond donors (Lipinski definition) is 1. The average Bonchev–Trinajstić information content (AvgIpc) is 2.03. The molecule has 0 radical (unpaired) electrons. The van der Waals surface area contributed by atoms with Crippen molar-refractivity contribution in [2.45, 2.75) is 32.0 Å². The lowest BCUT2D eigenvalue weighted by Gasteiger charge is -2.26. The van der Waals surface area contributed by atoms with Gasteiger partial charge in [-0.1, -0.05) is 0 Å². The average molecular weight is 210 g/mol. The third-order valence-electron chi connectivity index (χ3n) is 2.51. The Labute approximate surface area is 77.9 Å². The molecule has 0 amide bonds. The van der Waals surface area contributed by atoms with Crippen LogP contribution in [0, 0.1) is 5.92 Å². The van der Waals surface area contributed by atoms with Gasteiger partial charge in [0, 0.05) is 0 Å². The molecule has 2 unspecified atom stereocenters. The van der Waals surface area contributed by atoms with Crippen molar-refractivity contribution in [1.82, 2.24) is 0 Å². The number of aliphatic hydroxyl groups is 1. The zero-order chi connectivity index (χ0) is 10.1. The maximum absolute atomic E-state index is 13.2. The molecule has 1 saturated heterocycles. The SMILES string of the molecule is CC(O)C(F)C1CCS(=O)(=O)CC1. The highest BCUT2D eigenvalue weighted by atomic mass is 32.2. The molecule has 0 bridgehead atoms. The molecule has 2 atom stereocenters. The zero-order valence-electron chi connectivity index (χ0n) is 7.61. The van der Waals surface area contributed by atoms with Crippen molar-refractivity contribution < 1.29 is 17.9 Å². The fraction of sp³-hybridized carbons (Fsp3) is 1.00. The summed E-state index contributed by atoms with van der Waals surface area (Å²) < 4.78 is 35.2. The summed E-state index contributed by atoms with van der Waals surface area (Å²) in [6, 6.07) is 0. The lowest BCUT2D eigenvalue weighted by atomic mass is 9.94. The molecule has 0 aromatic rings. The molecular weight excluding hydrogens is 195 g/mol. The van der Waals surface area contributed by atoms with Crippen molar-refractivity contribution >= 4 is 9.84 Å². The second-order valence-corrected chi connectivity index (χ2v) is 5.98. The Hall–Kier alpha value is -0.160. The van der Waals surface area contributed by atoms with E-state index in [-0.39, 0.29) is 17.4 Å². The van der Waals surface area contributed by atoms with Crippen LogP contribution in [0.1, 0.15) is 19.8 Å². The number of sulfone groups is 1. The van der Waals surface area contributed by atoms with E-state index < -0.39 is 22.1 Å². The van der Waals surface area contributed by atoms with E-state index in [1.165, 1.54) is 6.92 Å². The summed E-state index contributed by atoms with van der Waals surface area (Å²) in [4.78, 5) is 0. The van der Waals surface area contributed by atoms with Crippen molar-refractivity contribution in [1.29, 1.82) is 0 Å². The molecule has 13 heavy (non-hydrogen) atoms. The van der Waals surface area contributed by atoms with Crippen LogP contribution in [0.3, 0.4) is 0 Å². The van der Waals surface area contributed by atoms with Gasteiger partial charge in [0.1, 0.15) is 16.0 Å².